The van der Waals surface area contributed by atoms with E-state index in [1.807, 2.05) is 62.8 Å². The summed E-state index contributed by atoms with van der Waals surface area (Å²) in [4.78, 5) is 10.9. The maximum absolute atomic E-state index is 6.58. The molecule has 1 aliphatic heterocycles. The Kier molecular flexibility index (Phi) is 6.22. The first-order valence-corrected chi connectivity index (χ1v) is 13.0. The van der Waals surface area contributed by atoms with E-state index in [1.165, 1.54) is 0 Å². The molecule has 11 heteroatoms. The summed E-state index contributed by atoms with van der Waals surface area (Å²) in [7, 11) is 1.91. The fraction of sp³-hybridized carbons (Fsp3) is 0.259. The molecule has 0 spiro atoms. The summed E-state index contributed by atoms with van der Waals surface area (Å²) in [6, 6.07) is 11.8. The number of aromatic nitrogens is 6. The van der Waals surface area contributed by atoms with Crippen LogP contribution in [-0.4, -0.2) is 48.6 Å². The van der Waals surface area contributed by atoms with E-state index < -0.39 is 0 Å². The van der Waals surface area contributed by atoms with Crippen LogP contribution in [0.3, 0.4) is 0 Å². The third kappa shape index (κ3) is 4.69. The summed E-state index contributed by atoms with van der Waals surface area (Å²) < 4.78 is 7.99. The van der Waals surface area contributed by atoms with Crippen molar-refractivity contribution in [3.8, 4) is 17.0 Å². The van der Waals surface area contributed by atoms with Crippen LogP contribution in [0.15, 0.2) is 61.2 Å². The van der Waals surface area contributed by atoms with Gasteiger partial charge in [-0.05, 0) is 43.3 Å². The standard InChI is InChI=1S/C27H26Cl2N8O/c1-16(25-21(28)12-31-13-22(25)29)38-19-4-5-23-20(9-19)26(34-33-23)17-3-6-24(32-11-17)37-14-27(30,15-37)10-18-7-8-36(2)35-18/h3-9,11-13,16H,10,14-15,30H2,1-2H3,(H,33,34)/t16-/m1/s1. The molecule has 194 valence electrons. The summed E-state index contributed by atoms with van der Waals surface area (Å²) in [5, 5.41) is 13.9. The molecular formula is C27H26Cl2N8O. The van der Waals surface area contributed by atoms with Crippen LogP contribution in [0.4, 0.5) is 5.82 Å². The van der Waals surface area contributed by atoms with E-state index in [2.05, 4.69) is 25.2 Å². The number of hydrogen-bond acceptors (Lipinski definition) is 7. The molecule has 6 rings (SSSR count). The summed E-state index contributed by atoms with van der Waals surface area (Å²) in [6.45, 7) is 3.36. The number of nitrogens with zero attached hydrogens (tertiary/aromatic N) is 6. The second-order valence-corrected chi connectivity index (χ2v) is 10.7. The van der Waals surface area contributed by atoms with Gasteiger partial charge in [0.05, 0.1) is 26.8 Å². The van der Waals surface area contributed by atoms with Crippen LogP contribution in [0.25, 0.3) is 22.2 Å². The number of ether oxygens (including phenoxy) is 1. The van der Waals surface area contributed by atoms with Crippen molar-refractivity contribution in [1.29, 1.82) is 0 Å². The minimum Gasteiger partial charge on any atom is -0.486 e. The highest BCUT2D eigenvalue weighted by Gasteiger charge is 2.40. The summed E-state index contributed by atoms with van der Waals surface area (Å²) in [5.41, 5.74) is 10.6. The van der Waals surface area contributed by atoms with E-state index in [4.69, 9.17) is 38.7 Å². The molecular weight excluding hydrogens is 523 g/mol. The number of nitrogens with two attached hydrogens (primary N) is 1. The van der Waals surface area contributed by atoms with E-state index in [9.17, 15) is 0 Å². The molecule has 0 saturated carbocycles. The monoisotopic (exact) mass is 548 g/mol. The minimum atomic E-state index is -0.365. The van der Waals surface area contributed by atoms with Crippen molar-refractivity contribution in [3.63, 3.8) is 0 Å². The van der Waals surface area contributed by atoms with Gasteiger partial charge in [0.2, 0.25) is 0 Å². The van der Waals surface area contributed by atoms with E-state index >= 15 is 0 Å². The zero-order chi connectivity index (χ0) is 26.4. The molecule has 0 bridgehead atoms. The summed E-state index contributed by atoms with van der Waals surface area (Å²) >= 11 is 12.6. The number of rotatable bonds is 7. The normalized spacial score (nSPS) is 15.4. The van der Waals surface area contributed by atoms with Crippen molar-refractivity contribution in [2.24, 2.45) is 12.8 Å². The van der Waals surface area contributed by atoms with Crippen LogP contribution >= 0.6 is 23.2 Å². The topological polar surface area (TPSA) is 111 Å². The number of hydrogen-bond donors (Lipinski definition) is 2. The number of halogens is 2. The lowest BCUT2D eigenvalue weighted by molar-refractivity contribution is 0.227. The van der Waals surface area contributed by atoms with Gasteiger partial charge in [-0.1, -0.05) is 23.2 Å². The first kappa shape index (κ1) is 24.7. The summed E-state index contributed by atoms with van der Waals surface area (Å²) in [6.07, 6.45) is 7.28. The van der Waals surface area contributed by atoms with Crippen LogP contribution in [-0.2, 0) is 13.5 Å². The molecule has 0 amide bonds. The molecule has 1 atom stereocenters. The van der Waals surface area contributed by atoms with E-state index in [0.29, 0.717) is 21.4 Å². The predicted octanol–water partition coefficient (Wildman–Crippen LogP) is 4.96. The number of anilines is 1. The highest BCUT2D eigenvalue weighted by Crippen LogP contribution is 2.35. The van der Waals surface area contributed by atoms with E-state index in [0.717, 1.165) is 53.2 Å². The largest absolute Gasteiger partial charge is 0.486 e. The van der Waals surface area contributed by atoms with Crippen LogP contribution in [0, 0.1) is 0 Å². The number of aromatic amines is 1. The third-order valence-corrected chi connectivity index (χ3v) is 7.41. The third-order valence-electron chi connectivity index (χ3n) is 6.80. The van der Waals surface area contributed by atoms with E-state index in [1.54, 1.807) is 17.1 Å². The van der Waals surface area contributed by atoms with Crippen molar-refractivity contribution in [1.82, 2.24) is 29.9 Å². The molecule has 3 N–H and O–H groups in total. The van der Waals surface area contributed by atoms with Gasteiger partial charge >= 0.3 is 0 Å². The van der Waals surface area contributed by atoms with Gasteiger partial charge in [0.15, 0.2) is 0 Å². The van der Waals surface area contributed by atoms with Crippen molar-refractivity contribution in [3.05, 3.63) is 82.5 Å². The highest BCUT2D eigenvalue weighted by atomic mass is 35.5. The zero-order valence-corrected chi connectivity index (χ0v) is 22.4. The molecule has 38 heavy (non-hydrogen) atoms. The lowest BCUT2D eigenvalue weighted by atomic mass is 9.86. The quantitative estimate of drug-likeness (QED) is 0.295. The molecule has 5 aromatic rings. The van der Waals surface area contributed by atoms with Gasteiger partial charge < -0.3 is 15.4 Å². The molecule has 0 aliphatic carbocycles. The van der Waals surface area contributed by atoms with Gasteiger partial charge in [-0.15, -0.1) is 0 Å². The van der Waals surface area contributed by atoms with Crippen LogP contribution < -0.4 is 15.4 Å². The first-order chi connectivity index (χ1) is 18.3. The molecule has 1 aliphatic rings. The Balaban J connectivity index is 1.17. The molecule has 1 fully saturated rings. The molecule has 1 aromatic carbocycles. The molecule has 5 heterocycles. The minimum absolute atomic E-state index is 0.300. The van der Waals surface area contributed by atoms with Gasteiger partial charge in [-0.2, -0.15) is 10.2 Å². The lowest BCUT2D eigenvalue weighted by Crippen LogP contribution is -2.69. The molecule has 1 saturated heterocycles. The molecule has 0 radical (unpaired) electrons. The average Bonchev–Trinajstić information content (AvgIpc) is 3.48. The molecule has 0 unspecified atom stereocenters. The maximum Gasteiger partial charge on any atom is 0.128 e. The number of nitrogens with one attached hydrogen (secondary N) is 1. The Morgan fingerprint density at radius 1 is 1.11 bits per heavy atom. The van der Waals surface area contributed by atoms with Crippen LogP contribution in [0.1, 0.15) is 24.3 Å². The smallest absolute Gasteiger partial charge is 0.128 e. The van der Waals surface area contributed by atoms with Crippen LogP contribution in [0.5, 0.6) is 5.75 Å². The van der Waals surface area contributed by atoms with Gasteiger partial charge in [0, 0.05) is 67.9 Å². The van der Waals surface area contributed by atoms with Crippen molar-refractivity contribution in [2.45, 2.75) is 25.0 Å². The van der Waals surface area contributed by atoms with Crippen molar-refractivity contribution < 1.29 is 4.74 Å². The fourth-order valence-corrected chi connectivity index (χ4v) is 5.65. The predicted molar refractivity (Wildman–Crippen MR) is 149 cm³/mol. The van der Waals surface area contributed by atoms with Crippen molar-refractivity contribution in [2.75, 3.05) is 18.0 Å². The fourth-order valence-electron chi connectivity index (χ4n) is 4.98. The van der Waals surface area contributed by atoms with E-state index in [-0.39, 0.29) is 11.6 Å². The number of fused-ring (bicyclic) bond motifs is 1. The van der Waals surface area contributed by atoms with Gasteiger partial charge in [0.25, 0.3) is 0 Å². The molecule has 9 nitrogen and oxygen atoms in total. The second-order valence-electron chi connectivity index (χ2n) is 9.84. The number of aryl methyl sites for hydroxylation is 1. The second kappa shape index (κ2) is 9.58. The zero-order valence-electron chi connectivity index (χ0n) is 20.9. The number of H-pyrrole nitrogens is 1. The van der Waals surface area contributed by atoms with Crippen LogP contribution in [0.2, 0.25) is 10.0 Å². The Bertz CT molecular complexity index is 1590. The number of benzene rings is 1. The average molecular weight is 549 g/mol. The summed E-state index contributed by atoms with van der Waals surface area (Å²) in [5.74, 6) is 1.56. The van der Waals surface area contributed by atoms with Gasteiger partial charge in [-0.3, -0.25) is 14.8 Å². The van der Waals surface area contributed by atoms with Gasteiger partial charge in [-0.25, -0.2) is 4.98 Å². The first-order valence-electron chi connectivity index (χ1n) is 12.2. The SMILES string of the molecule is C[C@@H](Oc1ccc2[nH]nc(-c3ccc(N4CC(N)(Cc5ccn(C)n5)C4)nc3)c2c1)c1c(Cl)cncc1Cl. The van der Waals surface area contributed by atoms with Gasteiger partial charge in [0.1, 0.15) is 23.4 Å². The Labute approximate surface area is 229 Å². The Hall–Kier alpha value is -3.66. The highest BCUT2D eigenvalue weighted by molar-refractivity contribution is 6.35. The Morgan fingerprint density at radius 2 is 1.89 bits per heavy atom. The Morgan fingerprint density at radius 3 is 2.58 bits per heavy atom. The number of pyridine rings is 2. The molecule has 4 aromatic heterocycles. The van der Waals surface area contributed by atoms with Crippen molar-refractivity contribution >= 4 is 39.9 Å². The maximum atomic E-state index is 6.58. The lowest BCUT2D eigenvalue weighted by Gasteiger charge is -2.48.